The van der Waals surface area contributed by atoms with E-state index in [0.29, 0.717) is 11.1 Å². The maximum Gasteiger partial charge on any atom is 0.266 e. The Hall–Kier alpha value is -2.18. The molecule has 0 saturated heterocycles. The van der Waals surface area contributed by atoms with E-state index in [4.69, 9.17) is 0 Å². The summed E-state index contributed by atoms with van der Waals surface area (Å²) in [6.45, 7) is 5.49. The predicted octanol–water partition coefficient (Wildman–Crippen LogP) is 2.24. The van der Waals surface area contributed by atoms with E-state index in [1.807, 2.05) is 19.9 Å². The fourth-order valence-corrected chi connectivity index (χ4v) is 3.21. The molecule has 0 aliphatic carbocycles. The van der Waals surface area contributed by atoms with E-state index in [1.54, 1.807) is 43.3 Å². The van der Waals surface area contributed by atoms with Crippen LogP contribution in [0.15, 0.2) is 47.4 Å². The van der Waals surface area contributed by atoms with Crippen molar-refractivity contribution in [2.45, 2.75) is 25.7 Å². The number of amides is 1. The highest BCUT2D eigenvalue weighted by molar-refractivity contribution is 7.89. The van der Waals surface area contributed by atoms with Crippen LogP contribution in [0.4, 0.5) is 0 Å². The van der Waals surface area contributed by atoms with Crippen LogP contribution in [0.2, 0.25) is 0 Å². The standard InChI is InChI=1S/C16H18N2O3S/c1-11-9-13(3)15(10-12(11)2)22(20,21)18-17-16(19)14-7-5-4-6-8-14/h4-10,18H,1-3H3,(H,17,19). The van der Waals surface area contributed by atoms with E-state index >= 15 is 0 Å². The number of aryl methyl sites for hydroxylation is 3. The molecule has 0 aromatic heterocycles. The van der Waals surface area contributed by atoms with Gasteiger partial charge in [-0.15, -0.1) is 4.83 Å². The van der Waals surface area contributed by atoms with Crippen LogP contribution in [0.25, 0.3) is 0 Å². The van der Waals surface area contributed by atoms with E-state index in [2.05, 4.69) is 10.3 Å². The highest BCUT2D eigenvalue weighted by atomic mass is 32.2. The van der Waals surface area contributed by atoms with E-state index in [1.165, 1.54) is 0 Å². The van der Waals surface area contributed by atoms with Gasteiger partial charge in [0, 0.05) is 5.56 Å². The van der Waals surface area contributed by atoms with Crippen LogP contribution in [-0.4, -0.2) is 14.3 Å². The number of hydrogen-bond acceptors (Lipinski definition) is 3. The number of hydrogen-bond donors (Lipinski definition) is 2. The third-order valence-electron chi connectivity index (χ3n) is 3.42. The van der Waals surface area contributed by atoms with Gasteiger partial charge in [0.1, 0.15) is 0 Å². The molecule has 0 fully saturated rings. The van der Waals surface area contributed by atoms with Crippen molar-refractivity contribution in [1.29, 1.82) is 0 Å². The van der Waals surface area contributed by atoms with E-state index in [9.17, 15) is 13.2 Å². The Labute approximate surface area is 130 Å². The second kappa shape index (κ2) is 6.29. The molecule has 6 heteroatoms. The van der Waals surface area contributed by atoms with Crippen molar-refractivity contribution in [3.05, 3.63) is 64.7 Å². The fraction of sp³-hybridized carbons (Fsp3) is 0.188. The van der Waals surface area contributed by atoms with Gasteiger partial charge in [-0.25, -0.2) is 8.42 Å². The van der Waals surface area contributed by atoms with Crippen molar-refractivity contribution in [3.63, 3.8) is 0 Å². The molecule has 116 valence electrons. The predicted molar refractivity (Wildman–Crippen MR) is 84.9 cm³/mol. The zero-order valence-corrected chi connectivity index (χ0v) is 13.5. The normalized spacial score (nSPS) is 11.2. The first kappa shape index (κ1) is 16.2. The monoisotopic (exact) mass is 318 g/mol. The average Bonchev–Trinajstić information content (AvgIpc) is 2.49. The molecule has 2 aromatic carbocycles. The topological polar surface area (TPSA) is 75.3 Å². The van der Waals surface area contributed by atoms with Gasteiger partial charge >= 0.3 is 0 Å². The molecule has 0 heterocycles. The highest BCUT2D eigenvalue weighted by Crippen LogP contribution is 2.19. The lowest BCUT2D eigenvalue weighted by Gasteiger charge is -2.12. The maximum atomic E-state index is 12.3. The number of benzene rings is 2. The van der Waals surface area contributed by atoms with Crippen molar-refractivity contribution in [3.8, 4) is 0 Å². The molecule has 0 aliphatic rings. The van der Waals surface area contributed by atoms with Crippen LogP contribution in [-0.2, 0) is 10.0 Å². The summed E-state index contributed by atoms with van der Waals surface area (Å²) in [7, 11) is -3.82. The largest absolute Gasteiger partial charge is 0.273 e. The molecule has 2 rings (SSSR count). The molecule has 0 saturated carbocycles. The molecule has 1 amide bonds. The smallest absolute Gasteiger partial charge is 0.266 e. The van der Waals surface area contributed by atoms with Crippen LogP contribution in [0.5, 0.6) is 0 Å². The Kier molecular flexibility index (Phi) is 4.63. The van der Waals surface area contributed by atoms with Crippen molar-refractivity contribution >= 4 is 15.9 Å². The molecule has 2 aromatic rings. The second-order valence-electron chi connectivity index (χ2n) is 5.13. The molecule has 0 unspecified atom stereocenters. The summed E-state index contributed by atoms with van der Waals surface area (Å²) in [5, 5.41) is 0. The Morgan fingerprint density at radius 1 is 0.909 bits per heavy atom. The zero-order valence-electron chi connectivity index (χ0n) is 12.7. The number of sulfonamides is 1. The summed E-state index contributed by atoms with van der Waals surface area (Å²) in [5.41, 5.74) is 5.12. The summed E-state index contributed by atoms with van der Waals surface area (Å²) in [6, 6.07) is 11.8. The molecule has 2 N–H and O–H groups in total. The van der Waals surface area contributed by atoms with Crippen LogP contribution in [0, 0.1) is 20.8 Å². The number of hydrazine groups is 1. The third-order valence-corrected chi connectivity index (χ3v) is 4.81. The minimum Gasteiger partial charge on any atom is -0.273 e. The quantitative estimate of drug-likeness (QED) is 0.849. The third kappa shape index (κ3) is 3.52. The van der Waals surface area contributed by atoms with Gasteiger partial charge in [0.2, 0.25) is 0 Å². The minimum absolute atomic E-state index is 0.156. The SMILES string of the molecule is Cc1cc(C)c(S(=O)(=O)NNC(=O)c2ccccc2)cc1C. The van der Waals surface area contributed by atoms with Crippen LogP contribution in [0.3, 0.4) is 0 Å². The van der Waals surface area contributed by atoms with E-state index in [-0.39, 0.29) is 4.90 Å². The molecule has 0 bridgehead atoms. The molecule has 22 heavy (non-hydrogen) atoms. The highest BCUT2D eigenvalue weighted by Gasteiger charge is 2.19. The van der Waals surface area contributed by atoms with Gasteiger partial charge in [-0.05, 0) is 55.7 Å². The lowest BCUT2D eigenvalue weighted by molar-refractivity contribution is 0.0945. The molecular weight excluding hydrogens is 300 g/mol. The summed E-state index contributed by atoms with van der Waals surface area (Å²) in [4.78, 5) is 14.2. The van der Waals surface area contributed by atoms with Crippen LogP contribution >= 0.6 is 0 Å². The first-order chi connectivity index (χ1) is 10.3. The molecular formula is C16H18N2O3S. The van der Waals surface area contributed by atoms with E-state index in [0.717, 1.165) is 11.1 Å². The van der Waals surface area contributed by atoms with Gasteiger partial charge in [0.25, 0.3) is 15.9 Å². The summed E-state index contributed by atoms with van der Waals surface area (Å²) in [6.07, 6.45) is 0. The van der Waals surface area contributed by atoms with Crippen molar-refractivity contribution < 1.29 is 13.2 Å². The Morgan fingerprint density at radius 3 is 2.14 bits per heavy atom. The number of rotatable bonds is 4. The molecule has 0 aliphatic heterocycles. The molecule has 0 atom stereocenters. The van der Waals surface area contributed by atoms with Gasteiger partial charge in [-0.1, -0.05) is 24.3 Å². The maximum absolute atomic E-state index is 12.3. The Bertz CT molecular complexity index is 800. The van der Waals surface area contributed by atoms with Crippen molar-refractivity contribution in [2.75, 3.05) is 0 Å². The molecule has 5 nitrogen and oxygen atoms in total. The van der Waals surface area contributed by atoms with Gasteiger partial charge < -0.3 is 0 Å². The van der Waals surface area contributed by atoms with Crippen molar-refractivity contribution in [1.82, 2.24) is 10.3 Å². The average molecular weight is 318 g/mol. The minimum atomic E-state index is -3.82. The first-order valence-electron chi connectivity index (χ1n) is 6.76. The van der Waals surface area contributed by atoms with Gasteiger partial charge in [0.15, 0.2) is 0 Å². The lowest BCUT2D eigenvalue weighted by Crippen LogP contribution is -2.41. The zero-order chi connectivity index (χ0) is 16.3. The Morgan fingerprint density at radius 2 is 1.50 bits per heavy atom. The van der Waals surface area contributed by atoms with Crippen LogP contribution < -0.4 is 10.3 Å². The van der Waals surface area contributed by atoms with Gasteiger partial charge in [-0.3, -0.25) is 10.2 Å². The van der Waals surface area contributed by atoms with Gasteiger partial charge in [-0.2, -0.15) is 0 Å². The lowest BCUT2D eigenvalue weighted by atomic mass is 10.1. The second-order valence-corrected chi connectivity index (χ2v) is 6.78. The summed E-state index contributed by atoms with van der Waals surface area (Å²) >= 11 is 0. The number of carbonyl (C=O) groups excluding carboxylic acids is 1. The summed E-state index contributed by atoms with van der Waals surface area (Å²) in [5.74, 6) is -0.509. The molecule has 0 radical (unpaired) electrons. The number of carbonyl (C=O) groups is 1. The molecule has 0 spiro atoms. The van der Waals surface area contributed by atoms with Gasteiger partial charge in [0.05, 0.1) is 4.90 Å². The Balaban J connectivity index is 2.19. The van der Waals surface area contributed by atoms with Crippen LogP contribution in [0.1, 0.15) is 27.0 Å². The first-order valence-corrected chi connectivity index (χ1v) is 8.24. The fourth-order valence-electron chi connectivity index (χ4n) is 2.05. The summed E-state index contributed by atoms with van der Waals surface area (Å²) < 4.78 is 24.7. The van der Waals surface area contributed by atoms with Crippen molar-refractivity contribution in [2.24, 2.45) is 0 Å². The number of nitrogens with one attached hydrogen (secondary N) is 2. The van der Waals surface area contributed by atoms with E-state index < -0.39 is 15.9 Å².